The predicted molar refractivity (Wildman–Crippen MR) is 79.8 cm³/mol. The molecule has 1 aliphatic rings. The molecule has 0 heteroatoms. The van der Waals surface area contributed by atoms with Crippen molar-refractivity contribution in [1.29, 1.82) is 0 Å². The van der Waals surface area contributed by atoms with E-state index in [1.165, 1.54) is 27.8 Å². The number of fused-ring (bicyclic) bond motifs is 2. The van der Waals surface area contributed by atoms with Gasteiger partial charge in [0.15, 0.2) is 0 Å². The first-order valence-corrected chi connectivity index (χ1v) is 6.23. The van der Waals surface area contributed by atoms with Crippen LogP contribution in [0.3, 0.4) is 0 Å². The lowest BCUT2D eigenvalue weighted by Gasteiger charge is -2.10. The molecule has 0 nitrogen and oxygen atoms in total. The van der Waals surface area contributed by atoms with Crippen LogP contribution in [0.15, 0.2) is 54.6 Å². The molecule has 92 valence electrons. The molecule has 0 spiro atoms. The van der Waals surface area contributed by atoms with Crippen molar-refractivity contribution in [2.75, 3.05) is 0 Å². The highest BCUT2D eigenvalue weighted by Crippen LogP contribution is 2.32. The maximum atomic E-state index is 2.25. The standard InChI is InChI=1S/C17H16.CH4/c1-2-15-16-9-5-3-7-13(16)11-12-14-8-4-6-10-17(14)15;/h2-10H,11-12H2,1H3;1H4. The minimum Gasteiger partial charge on any atom is -0.0792 e. The van der Waals surface area contributed by atoms with Crippen LogP contribution in [0.4, 0.5) is 0 Å². The molecule has 0 aliphatic heterocycles. The van der Waals surface area contributed by atoms with Gasteiger partial charge in [0.25, 0.3) is 0 Å². The van der Waals surface area contributed by atoms with Crippen LogP contribution >= 0.6 is 0 Å². The van der Waals surface area contributed by atoms with Crippen molar-refractivity contribution in [2.45, 2.75) is 27.2 Å². The maximum absolute atomic E-state index is 2.25. The lowest BCUT2D eigenvalue weighted by Crippen LogP contribution is -1.90. The van der Waals surface area contributed by atoms with E-state index in [1.807, 2.05) is 0 Å². The van der Waals surface area contributed by atoms with Crippen LogP contribution < -0.4 is 0 Å². The minimum absolute atomic E-state index is 0. The highest BCUT2D eigenvalue weighted by molar-refractivity contribution is 5.83. The SMILES string of the molecule is C.CC=C1c2ccccc2CCc2ccccc21. The number of benzene rings is 2. The zero-order chi connectivity index (χ0) is 11.7. The quantitative estimate of drug-likeness (QED) is 0.612. The molecule has 3 rings (SSSR count). The fraction of sp³-hybridized carbons (Fsp3) is 0.222. The molecule has 0 amide bonds. The summed E-state index contributed by atoms with van der Waals surface area (Å²) in [5.74, 6) is 0. The number of hydrogen-bond donors (Lipinski definition) is 0. The Morgan fingerprint density at radius 1 is 0.778 bits per heavy atom. The molecule has 2 aromatic rings. The second kappa shape index (κ2) is 5.22. The number of hydrogen-bond acceptors (Lipinski definition) is 0. The van der Waals surface area contributed by atoms with Gasteiger partial charge in [0.2, 0.25) is 0 Å². The van der Waals surface area contributed by atoms with Crippen LogP contribution in [0, 0.1) is 0 Å². The largest absolute Gasteiger partial charge is 0.0792 e. The highest BCUT2D eigenvalue weighted by Gasteiger charge is 2.16. The fourth-order valence-corrected chi connectivity index (χ4v) is 2.73. The lowest BCUT2D eigenvalue weighted by atomic mass is 9.94. The molecule has 0 bridgehead atoms. The molecule has 2 aromatic carbocycles. The summed E-state index contributed by atoms with van der Waals surface area (Å²) < 4.78 is 0. The third-order valence-corrected chi connectivity index (χ3v) is 3.57. The van der Waals surface area contributed by atoms with Crippen molar-refractivity contribution in [2.24, 2.45) is 0 Å². The predicted octanol–water partition coefficient (Wildman–Crippen LogP) is 4.87. The lowest BCUT2D eigenvalue weighted by molar-refractivity contribution is 0.965. The zero-order valence-electron chi connectivity index (χ0n) is 10.1. The average Bonchev–Trinajstić information content (AvgIpc) is 2.55. The van der Waals surface area contributed by atoms with E-state index in [2.05, 4.69) is 61.5 Å². The molecule has 18 heavy (non-hydrogen) atoms. The minimum atomic E-state index is 0. The van der Waals surface area contributed by atoms with E-state index in [-0.39, 0.29) is 7.43 Å². The number of aryl methyl sites for hydroxylation is 2. The Hall–Kier alpha value is -1.82. The molecule has 0 saturated heterocycles. The van der Waals surface area contributed by atoms with E-state index in [1.54, 1.807) is 0 Å². The smallest absolute Gasteiger partial charge is 0.0149 e. The zero-order valence-corrected chi connectivity index (χ0v) is 10.1. The van der Waals surface area contributed by atoms with Gasteiger partial charge in [-0.1, -0.05) is 62.0 Å². The highest BCUT2D eigenvalue weighted by atomic mass is 14.2. The summed E-state index contributed by atoms with van der Waals surface area (Å²) in [6.07, 6.45) is 4.53. The van der Waals surface area contributed by atoms with Crippen molar-refractivity contribution in [1.82, 2.24) is 0 Å². The van der Waals surface area contributed by atoms with Crippen molar-refractivity contribution >= 4 is 5.57 Å². The Morgan fingerprint density at radius 2 is 1.22 bits per heavy atom. The molecule has 0 aromatic heterocycles. The van der Waals surface area contributed by atoms with Gasteiger partial charge in [-0.3, -0.25) is 0 Å². The molecule has 0 saturated carbocycles. The van der Waals surface area contributed by atoms with E-state index < -0.39 is 0 Å². The molecule has 0 N–H and O–H groups in total. The Morgan fingerprint density at radius 3 is 1.67 bits per heavy atom. The van der Waals surface area contributed by atoms with E-state index in [0.29, 0.717) is 0 Å². The van der Waals surface area contributed by atoms with Gasteiger partial charge >= 0.3 is 0 Å². The molecule has 0 fully saturated rings. The molecule has 0 heterocycles. The summed E-state index contributed by atoms with van der Waals surface area (Å²) in [5, 5.41) is 0. The van der Waals surface area contributed by atoms with Crippen molar-refractivity contribution in [3.05, 3.63) is 76.9 Å². The first-order valence-electron chi connectivity index (χ1n) is 6.23. The third kappa shape index (κ3) is 1.99. The van der Waals surface area contributed by atoms with Gasteiger partial charge in [0, 0.05) is 0 Å². The van der Waals surface area contributed by atoms with Crippen LogP contribution in [0.25, 0.3) is 5.57 Å². The Bertz CT molecular complexity index is 527. The van der Waals surface area contributed by atoms with Crippen molar-refractivity contribution in [3.63, 3.8) is 0 Å². The van der Waals surface area contributed by atoms with Gasteiger partial charge in [-0.15, -0.1) is 0 Å². The van der Waals surface area contributed by atoms with Gasteiger partial charge in [-0.05, 0) is 47.6 Å². The molecule has 1 aliphatic carbocycles. The van der Waals surface area contributed by atoms with E-state index in [4.69, 9.17) is 0 Å². The summed E-state index contributed by atoms with van der Waals surface area (Å²) in [4.78, 5) is 0. The molecular weight excluding hydrogens is 216 g/mol. The normalized spacial score (nSPS) is 12.8. The Labute approximate surface area is 110 Å². The summed E-state index contributed by atoms with van der Waals surface area (Å²) in [5.41, 5.74) is 7.13. The van der Waals surface area contributed by atoms with Crippen LogP contribution in [0.1, 0.15) is 36.6 Å². The monoisotopic (exact) mass is 236 g/mol. The van der Waals surface area contributed by atoms with Crippen LogP contribution in [0.2, 0.25) is 0 Å². The van der Waals surface area contributed by atoms with Crippen LogP contribution in [-0.2, 0) is 12.8 Å². The first-order chi connectivity index (χ1) is 8.40. The number of allylic oxidation sites excluding steroid dienone is 1. The molecule has 0 atom stereocenters. The average molecular weight is 236 g/mol. The molecule has 0 radical (unpaired) electrons. The van der Waals surface area contributed by atoms with E-state index in [0.717, 1.165) is 12.8 Å². The van der Waals surface area contributed by atoms with Gasteiger partial charge in [-0.2, -0.15) is 0 Å². The van der Waals surface area contributed by atoms with E-state index in [9.17, 15) is 0 Å². The summed E-state index contributed by atoms with van der Waals surface area (Å²) in [6, 6.07) is 17.5. The Kier molecular flexibility index (Phi) is 3.66. The van der Waals surface area contributed by atoms with Crippen molar-refractivity contribution in [3.8, 4) is 0 Å². The van der Waals surface area contributed by atoms with Gasteiger partial charge < -0.3 is 0 Å². The van der Waals surface area contributed by atoms with E-state index >= 15 is 0 Å². The molecular formula is C18H20. The summed E-state index contributed by atoms with van der Waals surface area (Å²) >= 11 is 0. The van der Waals surface area contributed by atoms with Gasteiger partial charge in [-0.25, -0.2) is 0 Å². The topological polar surface area (TPSA) is 0 Å². The number of rotatable bonds is 0. The summed E-state index contributed by atoms with van der Waals surface area (Å²) in [7, 11) is 0. The van der Waals surface area contributed by atoms with Gasteiger partial charge in [0.05, 0.1) is 0 Å². The Balaban J connectivity index is 0.00000120. The maximum Gasteiger partial charge on any atom is -0.0149 e. The second-order valence-corrected chi connectivity index (χ2v) is 4.52. The van der Waals surface area contributed by atoms with Crippen LogP contribution in [0.5, 0.6) is 0 Å². The van der Waals surface area contributed by atoms with Crippen molar-refractivity contribution < 1.29 is 0 Å². The van der Waals surface area contributed by atoms with Crippen LogP contribution in [-0.4, -0.2) is 0 Å². The first kappa shape index (κ1) is 12.6. The second-order valence-electron chi connectivity index (χ2n) is 4.52. The third-order valence-electron chi connectivity index (χ3n) is 3.57. The van der Waals surface area contributed by atoms with Gasteiger partial charge in [0.1, 0.15) is 0 Å². The summed E-state index contributed by atoms with van der Waals surface area (Å²) in [6.45, 7) is 2.13. The fourth-order valence-electron chi connectivity index (χ4n) is 2.73. The molecule has 0 unspecified atom stereocenters.